The first-order chi connectivity index (χ1) is 14.3. The highest BCUT2D eigenvalue weighted by Crippen LogP contribution is 2.24. The number of rotatable bonds is 11. The molecule has 0 unspecified atom stereocenters. The van der Waals surface area contributed by atoms with Crippen LogP contribution in [0.15, 0.2) is 30.3 Å². The van der Waals surface area contributed by atoms with Gasteiger partial charge in [-0.25, -0.2) is 0 Å². The third-order valence-corrected chi connectivity index (χ3v) is 5.91. The number of benzene rings is 1. The van der Waals surface area contributed by atoms with Crippen LogP contribution in [0.1, 0.15) is 64.4 Å². The summed E-state index contributed by atoms with van der Waals surface area (Å²) in [6.07, 6.45) is 7.67. The van der Waals surface area contributed by atoms with E-state index in [2.05, 4.69) is 41.5 Å². The maximum Gasteiger partial charge on any atom is 0.242 e. The van der Waals surface area contributed by atoms with Crippen molar-refractivity contribution in [2.24, 2.45) is 11.8 Å². The predicted molar refractivity (Wildman–Crippen MR) is 123 cm³/mol. The van der Waals surface area contributed by atoms with Crippen LogP contribution in [-0.2, 0) is 16.0 Å². The van der Waals surface area contributed by atoms with Crippen LogP contribution in [0.2, 0.25) is 0 Å². The van der Waals surface area contributed by atoms with Gasteiger partial charge in [0.1, 0.15) is 6.04 Å². The van der Waals surface area contributed by atoms with Crippen LogP contribution >= 0.6 is 0 Å². The summed E-state index contributed by atoms with van der Waals surface area (Å²) in [6.45, 7) is 5.10. The molecule has 30 heavy (non-hydrogen) atoms. The molecule has 2 atom stereocenters. The van der Waals surface area contributed by atoms with E-state index in [0.717, 1.165) is 45.1 Å². The Kier molecular flexibility index (Phi) is 10.4. The Hall–Kier alpha value is -1.88. The molecule has 0 saturated heterocycles. The van der Waals surface area contributed by atoms with Crippen LogP contribution in [0.4, 0.5) is 0 Å². The summed E-state index contributed by atoms with van der Waals surface area (Å²) in [4.78, 5) is 28.1. The van der Waals surface area contributed by atoms with Crippen molar-refractivity contribution < 1.29 is 9.59 Å². The monoisotopic (exact) mass is 415 g/mol. The first-order valence-corrected chi connectivity index (χ1v) is 11.6. The van der Waals surface area contributed by atoms with E-state index in [9.17, 15) is 9.59 Å². The number of carbonyl (C=O) groups is 2. The van der Waals surface area contributed by atoms with Gasteiger partial charge >= 0.3 is 0 Å². The molecule has 2 N–H and O–H groups in total. The van der Waals surface area contributed by atoms with E-state index in [1.807, 2.05) is 32.3 Å². The molecule has 168 valence electrons. The third-order valence-electron chi connectivity index (χ3n) is 5.91. The molecule has 1 aromatic rings. The van der Waals surface area contributed by atoms with Gasteiger partial charge in [-0.3, -0.25) is 9.59 Å². The highest BCUT2D eigenvalue weighted by Gasteiger charge is 2.28. The number of hydrogen-bond acceptors (Lipinski definition) is 3. The molecule has 0 aliphatic heterocycles. The SMILES string of the molecule is CC(C)C[C@H](NC(=O)C1CCCCC1)C(=O)N[C@@H](CCN(C)C)Cc1ccccc1. The maximum absolute atomic E-state index is 13.2. The average Bonchev–Trinajstić information content (AvgIpc) is 2.72. The van der Waals surface area contributed by atoms with Gasteiger partial charge in [-0.15, -0.1) is 0 Å². The van der Waals surface area contributed by atoms with Crippen molar-refractivity contribution in [2.45, 2.75) is 77.3 Å². The predicted octanol–water partition coefficient (Wildman–Crippen LogP) is 3.78. The summed E-state index contributed by atoms with van der Waals surface area (Å²) in [5.41, 5.74) is 1.22. The fourth-order valence-corrected chi connectivity index (χ4v) is 4.20. The lowest BCUT2D eigenvalue weighted by Gasteiger charge is -2.28. The van der Waals surface area contributed by atoms with Gasteiger partial charge in [-0.1, -0.05) is 63.4 Å². The van der Waals surface area contributed by atoms with E-state index in [1.165, 1.54) is 12.0 Å². The fraction of sp³-hybridized carbons (Fsp3) is 0.680. The van der Waals surface area contributed by atoms with E-state index >= 15 is 0 Å². The molecule has 1 aromatic carbocycles. The normalized spacial score (nSPS) is 17.0. The van der Waals surface area contributed by atoms with Gasteiger partial charge < -0.3 is 15.5 Å². The Morgan fingerprint density at radius 3 is 2.30 bits per heavy atom. The number of amides is 2. The van der Waals surface area contributed by atoms with Gasteiger partial charge in [0.15, 0.2) is 0 Å². The quantitative estimate of drug-likeness (QED) is 0.578. The van der Waals surface area contributed by atoms with Crippen LogP contribution in [0, 0.1) is 11.8 Å². The summed E-state index contributed by atoms with van der Waals surface area (Å²) in [5, 5.41) is 6.34. The second-order valence-corrected chi connectivity index (χ2v) is 9.51. The topological polar surface area (TPSA) is 61.4 Å². The zero-order chi connectivity index (χ0) is 21.9. The second kappa shape index (κ2) is 12.7. The van der Waals surface area contributed by atoms with Crippen LogP contribution in [-0.4, -0.2) is 49.4 Å². The van der Waals surface area contributed by atoms with Crippen molar-refractivity contribution in [1.82, 2.24) is 15.5 Å². The Morgan fingerprint density at radius 2 is 1.70 bits per heavy atom. The minimum Gasteiger partial charge on any atom is -0.351 e. The Labute approximate surface area is 183 Å². The molecule has 2 amide bonds. The Morgan fingerprint density at radius 1 is 1.03 bits per heavy atom. The lowest BCUT2D eigenvalue weighted by molar-refractivity contribution is -0.132. The van der Waals surface area contributed by atoms with Crippen LogP contribution in [0.3, 0.4) is 0 Å². The first kappa shape index (κ1) is 24.4. The molecule has 0 spiro atoms. The van der Waals surface area contributed by atoms with Crippen molar-refractivity contribution in [3.05, 3.63) is 35.9 Å². The smallest absolute Gasteiger partial charge is 0.242 e. The van der Waals surface area contributed by atoms with E-state index in [-0.39, 0.29) is 23.8 Å². The maximum atomic E-state index is 13.2. The number of hydrogen-bond donors (Lipinski definition) is 2. The second-order valence-electron chi connectivity index (χ2n) is 9.51. The standard InChI is InChI=1S/C25H41N3O2/c1-19(2)17-23(27-24(29)21-13-9-6-10-14-21)25(30)26-22(15-16-28(3)4)18-20-11-7-5-8-12-20/h5,7-8,11-12,19,21-23H,6,9-10,13-18H2,1-4H3,(H,26,30)(H,27,29)/t22-,23-/m0/s1. The minimum absolute atomic E-state index is 0.0449. The molecule has 5 nitrogen and oxygen atoms in total. The van der Waals surface area contributed by atoms with Gasteiger partial charge in [0.2, 0.25) is 11.8 Å². The van der Waals surface area contributed by atoms with Crippen LogP contribution in [0.25, 0.3) is 0 Å². The third kappa shape index (κ3) is 8.86. The number of nitrogens with one attached hydrogen (secondary N) is 2. The summed E-state index contributed by atoms with van der Waals surface area (Å²) < 4.78 is 0. The van der Waals surface area contributed by atoms with Crippen molar-refractivity contribution in [3.63, 3.8) is 0 Å². The molecule has 0 heterocycles. The van der Waals surface area contributed by atoms with E-state index in [4.69, 9.17) is 0 Å². The lowest BCUT2D eigenvalue weighted by Crippen LogP contribution is -2.52. The van der Waals surface area contributed by atoms with Crippen LogP contribution in [0.5, 0.6) is 0 Å². The molecule has 1 saturated carbocycles. The summed E-state index contributed by atoms with van der Waals surface area (Å²) in [5.74, 6) is 0.410. The molecule has 1 fully saturated rings. The van der Waals surface area contributed by atoms with E-state index in [1.54, 1.807) is 0 Å². The van der Waals surface area contributed by atoms with Gasteiger partial charge in [0.25, 0.3) is 0 Å². The highest BCUT2D eigenvalue weighted by atomic mass is 16.2. The van der Waals surface area contributed by atoms with Crippen LogP contribution < -0.4 is 10.6 Å². The van der Waals surface area contributed by atoms with Crippen molar-refractivity contribution in [2.75, 3.05) is 20.6 Å². The molecule has 5 heteroatoms. The zero-order valence-corrected chi connectivity index (χ0v) is 19.3. The molecule has 2 rings (SSSR count). The summed E-state index contributed by atoms with van der Waals surface area (Å²) in [6, 6.07) is 9.87. The summed E-state index contributed by atoms with van der Waals surface area (Å²) in [7, 11) is 4.10. The van der Waals surface area contributed by atoms with Gasteiger partial charge in [0, 0.05) is 12.0 Å². The van der Waals surface area contributed by atoms with Gasteiger partial charge in [-0.2, -0.15) is 0 Å². The first-order valence-electron chi connectivity index (χ1n) is 11.6. The van der Waals surface area contributed by atoms with Crippen molar-refractivity contribution >= 4 is 11.8 Å². The fourth-order valence-electron chi connectivity index (χ4n) is 4.20. The van der Waals surface area contributed by atoms with E-state index in [0.29, 0.717) is 12.3 Å². The zero-order valence-electron chi connectivity index (χ0n) is 19.3. The Balaban J connectivity index is 2.03. The minimum atomic E-state index is -0.461. The molecule has 1 aliphatic carbocycles. The average molecular weight is 416 g/mol. The number of carbonyl (C=O) groups excluding carboxylic acids is 2. The highest BCUT2D eigenvalue weighted by molar-refractivity contribution is 5.88. The summed E-state index contributed by atoms with van der Waals surface area (Å²) >= 11 is 0. The molecular formula is C25H41N3O2. The van der Waals surface area contributed by atoms with E-state index < -0.39 is 6.04 Å². The lowest BCUT2D eigenvalue weighted by atomic mass is 9.88. The van der Waals surface area contributed by atoms with Gasteiger partial charge in [-0.05, 0) is 64.2 Å². The largest absolute Gasteiger partial charge is 0.351 e. The molecule has 0 aromatic heterocycles. The van der Waals surface area contributed by atoms with Crippen molar-refractivity contribution in [3.8, 4) is 0 Å². The molecule has 0 radical (unpaired) electrons. The Bertz CT molecular complexity index is 639. The van der Waals surface area contributed by atoms with Gasteiger partial charge in [0.05, 0.1) is 0 Å². The number of nitrogens with zero attached hydrogens (tertiary/aromatic N) is 1. The molecular weight excluding hydrogens is 374 g/mol. The molecule has 1 aliphatic rings. The van der Waals surface area contributed by atoms with Crippen molar-refractivity contribution in [1.29, 1.82) is 0 Å². The molecule has 0 bridgehead atoms.